The highest BCUT2D eigenvalue weighted by Crippen LogP contribution is 2.29. The number of carbonyl (C=O) groups excluding carboxylic acids is 1. The Morgan fingerprint density at radius 3 is 2.74 bits per heavy atom. The van der Waals surface area contributed by atoms with E-state index < -0.39 is 0 Å². The van der Waals surface area contributed by atoms with Gasteiger partial charge in [-0.15, -0.1) is 11.3 Å². The summed E-state index contributed by atoms with van der Waals surface area (Å²) in [5.41, 5.74) is 2.98. The van der Waals surface area contributed by atoms with E-state index in [4.69, 9.17) is 0 Å². The van der Waals surface area contributed by atoms with Gasteiger partial charge in [0.25, 0.3) is 5.91 Å². The van der Waals surface area contributed by atoms with Gasteiger partial charge in [0.15, 0.2) is 0 Å². The van der Waals surface area contributed by atoms with Crippen LogP contribution in [0.2, 0.25) is 0 Å². The predicted molar refractivity (Wildman–Crippen MR) is 121 cm³/mol. The Morgan fingerprint density at radius 2 is 2.06 bits per heavy atom. The number of amides is 1. The normalized spacial score (nSPS) is 15.8. The second-order valence-corrected chi connectivity index (χ2v) is 8.62. The summed E-state index contributed by atoms with van der Waals surface area (Å²) in [7, 11) is 1.84. The summed E-state index contributed by atoms with van der Waals surface area (Å²) in [5.74, 6) is -0.579. The van der Waals surface area contributed by atoms with Crippen molar-refractivity contribution in [2.24, 2.45) is 7.05 Å². The van der Waals surface area contributed by atoms with Gasteiger partial charge in [0, 0.05) is 61.6 Å². The lowest BCUT2D eigenvalue weighted by Gasteiger charge is -2.37. The highest BCUT2D eigenvalue weighted by Gasteiger charge is 2.23. The molecule has 1 saturated heterocycles. The maximum Gasteiger partial charge on any atom is 0.271 e. The van der Waals surface area contributed by atoms with Crippen LogP contribution in [-0.4, -0.2) is 58.3 Å². The van der Waals surface area contributed by atoms with Crippen molar-refractivity contribution < 1.29 is 9.18 Å². The lowest BCUT2D eigenvalue weighted by molar-refractivity contribution is 0.0935. The molecular formula is C22H27FN6OS. The number of nitrogens with one attached hydrogen (secondary N) is 1. The first kappa shape index (κ1) is 21.5. The average Bonchev–Trinajstić information content (AvgIpc) is 3.43. The van der Waals surface area contributed by atoms with Crippen molar-refractivity contribution in [2.45, 2.75) is 19.9 Å². The van der Waals surface area contributed by atoms with Crippen molar-refractivity contribution in [1.82, 2.24) is 25.0 Å². The van der Waals surface area contributed by atoms with Crippen LogP contribution in [0.3, 0.4) is 0 Å². The van der Waals surface area contributed by atoms with E-state index in [9.17, 15) is 9.18 Å². The third kappa shape index (κ3) is 4.77. The number of anilines is 1. The quantitative estimate of drug-likeness (QED) is 0.635. The van der Waals surface area contributed by atoms with Crippen molar-refractivity contribution >= 4 is 22.9 Å². The number of aryl methyl sites for hydroxylation is 1. The highest BCUT2D eigenvalue weighted by atomic mass is 32.1. The third-order valence-electron chi connectivity index (χ3n) is 5.65. The predicted octanol–water partition coefficient (Wildman–Crippen LogP) is 3.32. The number of thiazole rings is 1. The standard InChI is InChI=1S/C22H27FN6OS/c1-4-28-7-9-29(10-8-28)20-6-5-17(23)11-18(20)15(2)25-21(30)19-14-31-22(26-19)16-12-24-27(3)13-16/h5-6,11-15H,4,7-10H2,1-3H3,(H,25,30). The van der Waals surface area contributed by atoms with Gasteiger partial charge in [0.2, 0.25) is 0 Å². The Balaban J connectivity index is 1.49. The number of aromatic nitrogens is 3. The van der Waals surface area contributed by atoms with Crippen LogP contribution in [0.1, 0.15) is 35.9 Å². The Labute approximate surface area is 185 Å². The first-order valence-corrected chi connectivity index (χ1v) is 11.3. The summed E-state index contributed by atoms with van der Waals surface area (Å²) in [4.78, 5) is 21.9. The Hall–Kier alpha value is -2.78. The molecule has 4 rings (SSSR count). The van der Waals surface area contributed by atoms with Gasteiger partial charge >= 0.3 is 0 Å². The minimum absolute atomic E-state index is 0.273. The van der Waals surface area contributed by atoms with Crippen molar-refractivity contribution in [3.8, 4) is 10.6 Å². The van der Waals surface area contributed by atoms with E-state index in [2.05, 4.69) is 32.1 Å². The maximum absolute atomic E-state index is 14.1. The zero-order valence-corrected chi connectivity index (χ0v) is 18.8. The van der Waals surface area contributed by atoms with Crippen molar-refractivity contribution in [2.75, 3.05) is 37.6 Å². The summed E-state index contributed by atoms with van der Waals surface area (Å²) < 4.78 is 15.8. The van der Waals surface area contributed by atoms with Gasteiger partial charge < -0.3 is 15.1 Å². The number of likely N-dealkylation sites (N-methyl/N-ethyl adjacent to an activating group) is 1. The van der Waals surface area contributed by atoms with Crippen molar-refractivity contribution in [3.05, 3.63) is 53.0 Å². The van der Waals surface area contributed by atoms with Crippen LogP contribution in [-0.2, 0) is 7.05 Å². The van der Waals surface area contributed by atoms with Crippen LogP contribution in [0.25, 0.3) is 10.6 Å². The van der Waals surface area contributed by atoms with E-state index >= 15 is 0 Å². The third-order valence-corrected chi connectivity index (χ3v) is 6.54. The monoisotopic (exact) mass is 442 g/mol. The van der Waals surface area contributed by atoms with Crippen molar-refractivity contribution in [1.29, 1.82) is 0 Å². The van der Waals surface area contributed by atoms with Crippen LogP contribution in [0.15, 0.2) is 36.0 Å². The van der Waals surface area contributed by atoms with E-state index in [0.717, 1.165) is 54.5 Å². The first-order chi connectivity index (χ1) is 14.9. The summed E-state index contributed by atoms with van der Waals surface area (Å²) in [6, 6.07) is 4.47. The van der Waals surface area contributed by atoms with E-state index in [0.29, 0.717) is 5.69 Å². The van der Waals surface area contributed by atoms with E-state index in [1.807, 2.05) is 26.2 Å². The van der Waals surface area contributed by atoms with Gasteiger partial charge in [0.1, 0.15) is 16.5 Å². The topological polar surface area (TPSA) is 66.3 Å². The van der Waals surface area contributed by atoms with Crippen LogP contribution >= 0.6 is 11.3 Å². The van der Waals surface area contributed by atoms with Crippen LogP contribution < -0.4 is 10.2 Å². The van der Waals surface area contributed by atoms with Gasteiger partial charge in [-0.2, -0.15) is 5.10 Å². The molecule has 1 atom stereocenters. The molecule has 164 valence electrons. The average molecular weight is 443 g/mol. The number of piperazine rings is 1. The summed E-state index contributed by atoms with van der Waals surface area (Å²) in [6.07, 6.45) is 3.58. The van der Waals surface area contributed by atoms with Crippen LogP contribution in [0.5, 0.6) is 0 Å². The van der Waals surface area contributed by atoms with Crippen LogP contribution in [0.4, 0.5) is 10.1 Å². The number of halogens is 1. The molecule has 0 radical (unpaired) electrons. The smallest absolute Gasteiger partial charge is 0.271 e. The Bertz CT molecular complexity index is 1060. The largest absolute Gasteiger partial charge is 0.369 e. The Kier molecular flexibility index (Phi) is 6.33. The molecule has 0 bridgehead atoms. The first-order valence-electron chi connectivity index (χ1n) is 10.5. The molecule has 1 fully saturated rings. The summed E-state index contributed by atoms with van der Waals surface area (Å²) >= 11 is 1.40. The molecule has 1 aromatic carbocycles. The molecule has 1 amide bonds. The molecule has 9 heteroatoms. The minimum atomic E-state index is -0.356. The van der Waals surface area contributed by atoms with Gasteiger partial charge in [-0.1, -0.05) is 6.92 Å². The number of nitrogens with zero attached hydrogens (tertiary/aromatic N) is 5. The van der Waals surface area contributed by atoms with E-state index in [1.165, 1.54) is 23.5 Å². The molecule has 0 aliphatic carbocycles. The molecule has 1 N–H and O–H groups in total. The summed E-state index contributed by atoms with van der Waals surface area (Å²) in [6.45, 7) is 8.79. The number of benzene rings is 1. The van der Waals surface area contributed by atoms with Gasteiger partial charge in [-0.05, 0) is 31.7 Å². The number of carbonyl (C=O) groups is 1. The molecule has 0 saturated carbocycles. The molecule has 2 aromatic heterocycles. The molecule has 31 heavy (non-hydrogen) atoms. The van der Waals surface area contributed by atoms with E-state index in [-0.39, 0.29) is 17.8 Å². The minimum Gasteiger partial charge on any atom is -0.369 e. The van der Waals surface area contributed by atoms with Gasteiger partial charge in [-0.3, -0.25) is 9.48 Å². The maximum atomic E-state index is 14.1. The van der Waals surface area contributed by atoms with Gasteiger partial charge in [-0.25, -0.2) is 9.37 Å². The second-order valence-electron chi connectivity index (χ2n) is 7.76. The lowest BCUT2D eigenvalue weighted by atomic mass is 10.0. The van der Waals surface area contributed by atoms with Gasteiger partial charge in [0.05, 0.1) is 12.2 Å². The molecule has 1 aliphatic rings. The zero-order chi connectivity index (χ0) is 22.0. The molecule has 7 nitrogen and oxygen atoms in total. The molecule has 3 aromatic rings. The Morgan fingerprint density at radius 1 is 1.29 bits per heavy atom. The highest BCUT2D eigenvalue weighted by molar-refractivity contribution is 7.13. The number of rotatable bonds is 6. The number of hydrogen-bond acceptors (Lipinski definition) is 6. The molecule has 1 unspecified atom stereocenters. The fourth-order valence-electron chi connectivity index (χ4n) is 3.86. The number of hydrogen-bond donors (Lipinski definition) is 1. The zero-order valence-electron chi connectivity index (χ0n) is 18.0. The molecular weight excluding hydrogens is 415 g/mol. The van der Waals surface area contributed by atoms with Crippen LogP contribution in [0, 0.1) is 5.82 Å². The second kappa shape index (κ2) is 9.15. The molecule has 0 spiro atoms. The molecule has 1 aliphatic heterocycles. The summed E-state index contributed by atoms with van der Waals surface area (Å²) in [5, 5.41) is 9.62. The van der Waals surface area contributed by atoms with E-state index in [1.54, 1.807) is 16.3 Å². The fourth-order valence-corrected chi connectivity index (χ4v) is 4.63. The lowest BCUT2D eigenvalue weighted by Crippen LogP contribution is -2.46. The fraction of sp³-hybridized carbons (Fsp3) is 0.409. The SMILES string of the molecule is CCN1CCN(c2ccc(F)cc2C(C)NC(=O)c2csc(-c3cnn(C)c3)n2)CC1. The van der Waals surface area contributed by atoms with Crippen molar-refractivity contribution in [3.63, 3.8) is 0 Å². The molecule has 3 heterocycles.